The Kier molecular flexibility index (Phi) is 14.1. The first-order chi connectivity index (χ1) is 17.4. The molecule has 0 radical (unpaired) electrons. The molecule has 0 saturated carbocycles. The Balaban J connectivity index is 2.71. The SMILES string of the molecule is CC(O)CN(CCCC(C)(C)C1OC(=O)C(C(C)(C)CCCN(CC(C)O)CC(C)O)OC1=O)CC(C)O. The van der Waals surface area contributed by atoms with E-state index in [1.807, 2.05) is 37.5 Å². The number of esters is 2. The molecule has 1 saturated heterocycles. The van der Waals surface area contributed by atoms with Gasteiger partial charge in [-0.3, -0.25) is 9.80 Å². The van der Waals surface area contributed by atoms with Gasteiger partial charge in [-0.2, -0.15) is 0 Å². The van der Waals surface area contributed by atoms with Gasteiger partial charge in [0.2, 0.25) is 12.2 Å². The molecule has 1 aliphatic heterocycles. The van der Waals surface area contributed by atoms with Crippen molar-refractivity contribution < 1.29 is 39.5 Å². The number of aliphatic hydroxyl groups is 4. The van der Waals surface area contributed by atoms with Crippen LogP contribution in [-0.4, -0.2) is 118 Å². The fourth-order valence-corrected chi connectivity index (χ4v) is 5.20. The summed E-state index contributed by atoms with van der Waals surface area (Å²) in [5.41, 5.74) is -1.29. The molecule has 38 heavy (non-hydrogen) atoms. The van der Waals surface area contributed by atoms with E-state index in [2.05, 4.69) is 0 Å². The molecular formula is C28H54N2O8. The fraction of sp³-hybridized carbons (Fsp3) is 0.929. The highest BCUT2D eigenvalue weighted by atomic mass is 16.6. The lowest BCUT2D eigenvalue weighted by Gasteiger charge is -2.41. The molecular weight excluding hydrogens is 492 g/mol. The van der Waals surface area contributed by atoms with Gasteiger partial charge in [0.05, 0.1) is 24.4 Å². The lowest BCUT2D eigenvalue weighted by molar-refractivity contribution is -0.213. The second-order valence-corrected chi connectivity index (χ2v) is 12.7. The summed E-state index contributed by atoms with van der Waals surface area (Å²) in [6, 6.07) is 0. The highest BCUT2D eigenvalue weighted by Crippen LogP contribution is 2.38. The number of rotatable bonds is 18. The first kappa shape index (κ1) is 34.7. The molecule has 0 spiro atoms. The van der Waals surface area contributed by atoms with Crippen LogP contribution in [0.15, 0.2) is 0 Å². The highest BCUT2D eigenvalue weighted by Gasteiger charge is 2.50. The van der Waals surface area contributed by atoms with Crippen LogP contribution in [0, 0.1) is 10.8 Å². The lowest BCUT2D eigenvalue weighted by atomic mass is 9.78. The van der Waals surface area contributed by atoms with E-state index in [1.54, 1.807) is 27.7 Å². The van der Waals surface area contributed by atoms with Gasteiger partial charge in [0, 0.05) is 37.0 Å². The first-order valence-electron chi connectivity index (χ1n) is 14.0. The van der Waals surface area contributed by atoms with Crippen LogP contribution >= 0.6 is 0 Å². The summed E-state index contributed by atoms with van der Waals surface area (Å²) in [7, 11) is 0. The van der Waals surface area contributed by atoms with E-state index in [0.717, 1.165) is 0 Å². The summed E-state index contributed by atoms with van der Waals surface area (Å²) in [6.07, 6.45) is -1.51. The van der Waals surface area contributed by atoms with E-state index in [0.29, 0.717) is 65.0 Å². The maximum atomic E-state index is 13.0. The average Bonchev–Trinajstić information content (AvgIpc) is 2.72. The Bertz CT molecular complexity index is 644. The summed E-state index contributed by atoms with van der Waals surface area (Å²) in [6.45, 7) is 17.4. The maximum absolute atomic E-state index is 13.0. The maximum Gasteiger partial charge on any atom is 0.348 e. The summed E-state index contributed by atoms with van der Waals surface area (Å²) in [5.74, 6) is -1.08. The van der Waals surface area contributed by atoms with E-state index < -0.39 is 59.4 Å². The van der Waals surface area contributed by atoms with Crippen molar-refractivity contribution in [1.29, 1.82) is 0 Å². The molecule has 4 N–H and O–H groups in total. The number of cyclic esters (lactones) is 2. The number of aliphatic hydroxyl groups excluding tert-OH is 4. The highest BCUT2D eigenvalue weighted by molar-refractivity contribution is 5.88. The van der Waals surface area contributed by atoms with Crippen LogP contribution in [0.5, 0.6) is 0 Å². The van der Waals surface area contributed by atoms with Gasteiger partial charge in [-0.05, 0) is 66.5 Å². The summed E-state index contributed by atoms with van der Waals surface area (Å²) in [5, 5.41) is 39.0. The number of hydrogen-bond donors (Lipinski definition) is 4. The zero-order chi connectivity index (χ0) is 29.3. The van der Waals surface area contributed by atoms with Crippen LogP contribution in [-0.2, 0) is 19.1 Å². The fourth-order valence-electron chi connectivity index (χ4n) is 5.20. The predicted octanol–water partition coefficient (Wildman–Crippen LogP) is 1.56. The second-order valence-electron chi connectivity index (χ2n) is 12.7. The molecule has 224 valence electrons. The van der Waals surface area contributed by atoms with Crippen LogP contribution in [0.1, 0.15) is 81.1 Å². The van der Waals surface area contributed by atoms with Gasteiger partial charge in [-0.1, -0.05) is 27.7 Å². The molecule has 6 unspecified atom stereocenters. The molecule has 0 bridgehead atoms. The molecule has 1 rings (SSSR count). The zero-order valence-corrected chi connectivity index (χ0v) is 24.9. The Morgan fingerprint density at radius 2 is 0.895 bits per heavy atom. The van der Waals surface area contributed by atoms with Gasteiger partial charge in [0.1, 0.15) is 0 Å². The first-order valence-corrected chi connectivity index (χ1v) is 14.0. The Morgan fingerprint density at radius 3 is 1.13 bits per heavy atom. The molecule has 0 aliphatic carbocycles. The van der Waals surface area contributed by atoms with Crippen molar-refractivity contribution >= 4 is 11.9 Å². The van der Waals surface area contributed by atoms with Gasteiger partial charge in [0.15, 0.2) is 0 Å². The van der Waals surface area contributed by atoms with E-state index in [1.165, 1.54) is 0 Å². The number of carbonyl (C=O) groups is 2. The molecule has 10 nitrogen and oxygen atoms in total. The van der Waals surface area contributed by atoms with Gasteiger partial charge in [-0.25, -0.2) is 9.59 Å². The van der Waals surface area contributed by atoms with Crippen molar-refractivity contribution in [2.75, 3.05) is 39.3 Å². The standard InChI is InChI=1S/C28H54N2O8/c1-19(31)15-29(16-20(2)32)13-9-11-27(5,6)23-25(35)38-24(26(36)37-23)28(7,8)12-10-14-30(17-21(3)33)18-22(4)34/h19-24,31-34H,9-18H2,1-8H3. The summed E-state index contributed by atoms with van der Waals surface area (Å²) in [4.78, 5) is 30.0. The normalized spacial score (nSPS) is 22.3. The van der Waals surface area contributed by atoms with Crippen molar-refractivity contribution in [3.8, 4) is 0 Å². The minimum Gasteiger partial charge on any atom is -0.447 e. The van der Waals surface area contributed by atoms with Crippen molar-refractivity contribution in [2.24, 2.45) is 10.8 Å². The number of hydrogen-bond acceptors (Lipinski definition) is 10. The predicted molar refractivity (Wildman–Crippen MR) is 145 cm³/mol. The van der Waals surface area contributed by atoms with Crippen LogP contribution in [0.25, 0.3) is 0 Å². The Labute approximate surface area is 229 Å². The monoisotopic (exact) mass is 546 g/mol. The van der Waals surface area contributed by atoms with Gasteiger partial charge < -0.3 is 29.9 Å². The quantitative estimate of drug-likeness (QED) is 0.187. The van der Waals surface area contributed by atoms with Gasteiger partial charge in [-0.15, -0.1) is 0 Å². The van der Waals surface area contributed by atoms with Gasteiger partial charge >= 0.3 is 11.9 Å². The zero-order valence-electron chi connectivity index (χ0n) is 24.9. The minimum absolute atomic E-state index is 0.443. The molecule has 0 aromatic heterocycles. The molecule has 0 amide bonds. The average molecular weight is 547 g/mol. The number of carbonyl (C=O) groups excluding carboxylic acids is 2. The second kappa shape index (κ2) is 15.5. The van der Waals surface area contributed by atoms with Crippen molar-refractivity contribution in [1.82, 2.24) is 9.80 Å². The molecule has 1 fully saturated rings. The molecule has 10 heteroatoms. The topological polar surface area (TPSA) is 140 Å². The smallest absolute Gasteiger partial charge is 0.348 e. The van der Waals surface area contributed by atoms with Gasteiger partial charge in [0.25, 0.3) is 0 Å². The molecule has 1 aliphatic rings. The summed E-state index contributed by atoms with van der Waals surface area (Å²) < 4.78 is 11.4. The van der Waals surface area contributed by atoms with E-state index in [-0.39, 0.29) is 0 Å². The van der Waals surface area contributed by atoms with Crippen molar-refractivity contribution in [3.05, 3.63) is 0 Å². The Hall–Kier alpha value is -1.30. The third kappa shape index (κ3) is 12.3. The number of ether oxygens (including phenoxy) is 2. The van der Waals surface area contributed by atoms with Crippen LogP contribution in [0.4, 0.5) is 0 Å². The third-order valence-electron chi connectivity index (χ3n) is 7.00. The van der Waals surface area contributed by atoms with Crippen molar-refractivity contribution in [2.45, 2.75) is 118 Å². The molecule has 0 aromatic rings. The third-order valence-corrected chi connectivity index (χ3v) is 7.00. The van der Waals surface area contributed by atoms with E-state index in [9.17, 15) is 30.0 Å². The minimum atomic E-state index is -1.00. The molecule has 6 atom stereocenters. The molecule has 1 heterocycles. The summed E-state index contributed by atoms with van der Waals surface area (Å²) >= 11 is 0. The lowest BCUT2D eigenvalue weighted by Crippen LogP contribution is -2.54. The van der Waals surface area contributed by atoms with Crippen LogP contribution in [0.3, 0.4) is 0 Å². The number of nitrogens with zero attached hydrogens (tertiary/aromatic N) is 2. The Morgan fingerprint density at radius 1 is 0.632 bits per heavy atom. The van der Waals surface area contributed by atoms with Crippen LogP contribution < -0.4 is 0 Å². The van der Waals surface area contributed by atoms with Crippen LogP contribution in [0.2, 0.25) is 0 Å². The largest absolute Gasteiger partial charge is 0.447 e. The van der Waals surface area contributed by atoms with E-state index >= 15 is 0 Å². The molecule has 0 aromatic carbocycles. The van der Waals surface area contributed by atoms with E-state index in [4.69, 9.17) is 9.47 Å². The van der Waals surface area contributed by atoms with Crippen molar-refractivity contribution in [3.63, 3.8) is 0 Å².